The number of hydrogen-bond acceptors (Lipinski definition) is 14. The number of nitrogens with one attached hydrogen (secondary N) is 5. The van der Waals surface area contributed by atoms with Crippen LogP contribution in [0.3, 0.4) is 0 Å². The smallest absolute Gasteiger partial charge is 0.444 e. The number of nitrogens with zero attached hydrogens (tertiary/aromatic N) is 3. The van der Waals surface area contributed by atoms with Gasteiger partial charge in [-0.25, -0.2) is 14.2 Å². The number of primary amides is 1. The number of fused-ring (bicyclic) bond motifs is 6. The molecule has 9 rings (SSSR count). The predicted octanol–water partition coefficient (Wildman–Crippen LogP) is 11.3. The largest absolute Gasteiger partial charge is 0.531 e. The number of halogens is 2. The maximum Gasteiger partial charge on any atom is 0.531 e. The van der Waals surface area contributed by atoms with Crippen LogP contribution in [0.15, 0.2) is 97.1 Å². The molecule has 23 nitrogen and oxygen atoms in total. The van der Waals surface area contributed by atoms with Crippen LogP contribution < -0.4 is 46.6 Å². The molecule has 502 valence electrons. The van der Waals surface area contributed by atoms with Gasteiger partial charge < -0.3 is 46.1 Å². The molecule has 5 aromatic rings. The first-order chi connectivity index (χ1) is 44.7. The minimum Gasteiger partial charge on any atom is -0.444 e. The van der Waals surface area contributed by atoms with Crippen molar-refractivity contribution in [2.75, 3.05) is 64.9 Å². The van der Waals surface area contributed by atoms with Gasteiger partial charge in [0, 0.05) is 110 Å². The molecule has 1 fully saturated rings. The number of benzene rings is 5. The van der Waals surface area contributed by atoms with Crippen molar-refractivity contribution in [1.82, 2.24) is 20.9 Å². The molecule has 7 N–H and O–H groups in total. The van der Waals surface area contributed by atoms with Crippen LogP contribution in [0, 0.1) is 5.41 Å². The molecule has 3 aliphatic heterocycles. The number of unbranched alkanes of at least 4 members (excludes halogenated alkanes) is 2. The number of phosphoric ester groups is 1. The second kappa shape index (κ2) is 30.1. The van der Waals surface area contributed by atoms with Crippen molar-refractivity contribution >= 4 is 129 Å². The summed E-state index contributed by atoms with van der Waals surface area (Å²) in [7, 11) is -4.26. The van der Waals surface area contributed by atoms with Crippen molar-refractivity contribution in [1.29, 1.82) is 0 Å². The average molecular weight is 1350 g/mol. The first-order valence-electron chi connectivity index (χ1n) is 31.7. The van der Waals surface area contributed by atoms with Crippen LogP contribution in [0.1, 0.15) is 141 Å². The van der Waals surface area contributed by atoms with Gasteiger partial charge in [-0.1, -0.05) is 67.1 Å². The van der Waals surface area contributed by atoms with Gasteiger partial charge in [-0.05, 0) is 139 Å². The van der Waals surface area contributed by atoms with Gasteiger partial charge in [0.15, 0.2) is 0 Å². The molecule has 0 aromatic heterocycles. The van der Waals surface area contributed by atoms with E-state index in [0.29, 0.717) is 64.8 Å². The highest BCUT2D eigenvalue weighted by atomic mass is 35.5. The molecule has 3 heterocycles. The highest BCUT2D eigenvalue weighted by Crippen LogP contribution is 2.58. The SMILES string of the molecule is CC(C)(C)OP(=O)(Oc1cc2c(c3ccccc13)[C@H](CCl)CN2C(=O)CCCC(=O)N1C[C@@H](CCl)c2c1cc(NC(=O)OCc1ccc(NC(=O)[C@H](CCCNC(N)=O)NC(=O)C3(C(=O)NCCCCCN4C(=O)C=CC4=O)CCC3)cc1)c1ccccc21)OC(C)(C)C. The van der Waals surface area contributed by atoms with Crippen molar-refractivity contribution < 1.29 is 66.0 Å². The Morgan fingerprint density at radius 2 is 1.22 bits per heavy atom. The fraction of sp³-hybridized carbons (Fsp3) is 0.456. The minimum atomic E-state index is -4.26. The Bertz CT molecular complexity index is 3770. The van der Waals surface area contributed by atoms with Crippen LogP contribution in [0.4, 0.5) is 32.3 Å². The predicted molar refractivity (Wildman–Crippen MR) is 360 cm³/mol. The second-order valence-corrected chi connectivity index (χ2v) is 28.1. The lowest BCUT2D eigenvalue weighted by Gasteiger charge is -2.39. The van der Waals surface area contributed by atoms with Gasteiger partial charge in [0.05, 0.1) is 22.6 Å². The van der Waals surface area contributed by atoms with E-state index in [0.717, 1.165) is 26.8 Å². The summed E-state index contributed by atoms with van der Waals surface area (Å²) < 4.78 is 38.4. The van der Waals surface area contributed by atoms with Gasteiger partial charge in [-0.15, -0.1) is 23.2 Å². The van der Waals surface area contributed by atoms with Crippen molar-refractivity contribution in [2.45, 2.75) is 148 Å². The zero-order chi connectivity index (χ0) is 67.7. The Morgan fingerprint density at radius 3 is 1.78 bits per heavy atom. The Labute approximate surface area is 556 Å². The summed E-state index contributed by atoms with van der Waals surface area (Å²) in [5.74, 6) is -2.65. The monoisotopic (exact) mass is 1350 g/mol. The lowest BCUT2D eigenvalue weighted by atomic mass is 9.67. The summed E-state index contributed by atoms with van der Waals surface area (Å²) in [6.07, 6.45) is 5.19. The quantitative estimate of drug-likeness (QED) is 0.00892. The summed E-state index contributed by atoms with van der Waals surface area (Å²) in [6.45, 7) is 11.6. The number of anilines is 4. The first-order valence-corrected chi connectivity index (χ1v) is 34.3. The normalized spacial score (nSPS) is 16.9. The van der Waals surface area contributed by atoms with E-state index in [1.807, 2.05) is 48.5 Å². The molecule has 0 unspecified atom stereocenters. The number of hydrogen-bond donors (Lipinski definition) is 6. The first kappa shape index (κ1) is 70.2. The van der Waals surface area contributed by atoms with Crippen LogP contribution in [0.25, 0.3) is 21.5 Å². The molecule has 0 bridgehead atoms. The fourth-order valence-corrected chi connectivity index (χ4v) is 14.6. The molecule has 0 spiro atoms. The number of amides is 10. The fourth-order valence-electron chi connectivity index (χ4n) is 12.2. The number of phosphoric acid groups is 1. The van der Waals surface area contributed by atoms with Crippen molar-refractivity contribution in [3.8, 4) is 5.75 Å². The molecule has 0 radical (unpaired) electrons. The number of nitrogens with two attached hydrogens (primary N) is 1. The van der Waals surface area contributed by atoms with E-state index in [1.165, 1.54) is 12.2 Å². The summed E-state index contributed by atoms with van der Waals surface area (Å²) in [6, 6.07) is 23.0. The molecule has 26 heteroatoms. The molecule has 1 aliphatic carbocycles. The third-order valence-corrected chi connectivity index (χ3v) is 19.5. The van der Waals surface area contributed by atoms with Crippen molar-refractivity contribution in [3.63, 3.8) is 0 Å². The van der Waals surface area contributed by atoms with Gasteiger partial charge >= 0.3 is 19.9 Å². The Hall–Kier alpha value is -8.08. The summed E-state index contributed by atoms with van der Waals surface area (Å²) in [4.78, 5) is 123. The van der Waals surface area contributed by atoms with Crippen molar-refractivity contribution in [3.05, 3.63) is 114 Å². The van der Waals surface area contributed by atoms with E-state index in [9.17, 15) is 47.7 Å². The van der Waals surface area contributed by atoms with E-state index >= 15 is 0 Å². The Morgan fingerprint density at radius 1 is 0.670 bits per heavy atom. The molecule has 94 heavy (non-hydrogen) atoms. The molecule has 4 aliphatic rings. The zero-order valence-corrected chi connectivity index (χ0v) is 56.1. The molecular weight excluding hydrogens is 1270 g/mol. The van der Waals surface area contributed by atoms with Gasteiger partial charge in [0.1, 0.15) is 23.8 Å². The van der Waals surface area contributed by atoms with E-state index in [1.54, 1.807) is 87.7 Å². The third-order valence-electron chi connectivity index (χ3n) is 16.8. The Balaban J connectivity index is 0.811. The van der Waals surface area contributed by atoms with Crippen LogP contribution in [0.5, 0.6) is 5.75 Å². The number of alkyl halides is 2. The van der Waals surface area contributed by atoms with Crippen LogP contribution in [-0.4, -0.2) is 120 Å². The zero-order valence-electron chi connectivity index (χ0n) is 53.7. The molecule has 1 saturated carbocycles. The highest BCUT2D eigenvalue weighted by Gasteiger charge is 2.51. The number of ether oxygens (including phenoxy) is 1. The average Bonchev–Trinajstić information content (AvgIpc) is 1.56. The third kappa shape index (κ3) is 16.9. The molecule has 10 amide bonds. The highest BCUT2D eigenvalue weighted by molar-refractivity contribution is 7.49. The van der Waals surface area contributed by atoms with E-state index < -0.39 is 60.3 Å². The summed E-state index contributed by atoms with van der Waals surface area (Å²) in [5.41, 5.74) is 6.21. The molecular formula is C68H82Cl2N9O14P. The van der Waals surface area contributed by atoms with Crippen LogP contribution in [-0.2, 0) is 58.5 Å². The van der Waals surface area contributed by atoms with Gasteiger partial charge in [0.2, 0.25) is 29.5 Å². The number of imide groups is 1. The molecule has 0 saturated heterocycles. The Kier molecular flexibility index (Phi) is 22.5. The van der Waals surface area contributed by atoms with E-state index in [4.69, 9.17) is 47.2 Å². The maximum absolute atomic E-state index is 14.4. The second-order valence-electron chi connectivity index (χ2n) is 26.0. The van der Waals surface area contributed by atoms with Crippen LogP contribution in [0.2, 0.25) is 0 Å². The van der Waals surface area contributed by atoms with Crippen LogP contribution >= 0.6 is 31.0 Å². The number of rotatable bonds is 28. The minimum absolute atomic E-state index is 0.0109. The van der Waals surface area contributed by atoms with Gasteiger partial charge in [-0.3, -0.25) is 52.8 Å². The maximum atomic E-state index is 14.4. The number of carbonyl (C=O) groups is 9. The number of urea groups is 1. The van der Waals surface area contributed by atoms with Gasteiger partial charge in [-0.2, -0.15) is 0 Å². The van der Waals surface area contributed by atoms with E-state index in [-0.39, 0.29) is 137 Å². The van der Waals surface area contributed by atoms with Gasteiger partial charge in [0.25, 0.3) is 11.8 Å². The lowest BCUT2D eigenvalue weighted by molar-refractivity contribution is -0.151. The molecule has 3 atom stereocenters. The van der Waals surface area contributed by atoms with E-state index in [2.05, 4.69) is 26.6 Å². The summed E-state index contributed by atoms with van der Waals surface area (Å²) in [5, 5.41) is 16.7. The van der Waals surface area contributed by atoms with Crippen molar-refractivity contribution in [2.24, 2.45) is 11.1 Å². The lowest BCUT2D eigenvalue weighted by Crippen LogP contribution is -2.58. The standard InChI is InChI=1S/C68H82Cl2N9O14P/c1-66(2,3)92-94(89,93-67(4,5)6)91-54-36-53-60(49-20-11-9-18-47(49)54)44(38-70)40-79(53)56(81)23-14-22-55(80)78-39-43(37-69)59-48-19-10-8-17-46(48)51(35-52(59)78)76-65(88)90-41-42-24-26-45(27-25-42)74-61(84)50(21-15-33-73-64(71)87)75-63(86)68(30-16-31-68)62(85)72-32-12-7-13-34-77-57(82)28-29-58(77)83/h8-11,17-20,24-29,35-36,43-44,50H,7,12-16,21-23,30-34,37-41H2,1-6H3,(H,72,85)(H,74,84)(H,75,86)(H,76,88)(H3,71,73,87)/t43-,44-,50+/m1/s1. The molecule has 5 aromatic carbocycles. The topological polar surface area (TPSA) is 304 Å². The summed E-state index contributed by atoms with van der Waals surface area (Å²) >= 11 is 13.2. The number of carbonyl (C=O) groups excluding carboxylic acids is 9.